The predicted octanol–water partition coefficient (Wildman–Crippen LogP) is 1.13. The van der Waals surface area contributed by atoms with Gasteiger partial charge in [-0.2, -0.15) is 4.98 Å². The molecule has 5 N–H and O–H groups in total. The van der Waals surface area contributed by atoms with Gasteiger partial charge in [0.2, 0.25) is 5.95 Å². The Hall–Kier alpha value is -2.38. The number of hydrogen-bond acceptors (Lipinski definition) is 11. The smallest absolute Gasteiger partial charge is 0.347 e. The number of nitrogens with one attached hydrogen (secondary N) is 4. The number of aromatic nitrogens is 3. The van der Waals surface area contributed by atoms with Crippen LogP contribution in [0.1, 0.15) is 33.6 Å². The number of aromatic carboxylic acids is 1. The van der Waals surface area contributed by atoms with Crippen molar-refractivity contribution in [1.82, 2.24) is 25.6 Å². The van der Waals surface area contributed by atoms with Crippen LogP contribution < -0.4 is 21.3 Å². The lowest BCUT2D eigenvalue weighted by molar-refractivity contribution is 0.0249. The second-order valence-corrected chi connectivity index (χ2v) is 8.34. The number of carboxylic acids is 1. The highest BCUT2D eigenvalue weighted by Crippen LogP contribution is 2.27. The molecule has 0 radical (unpaired) electrons. The molecule has 0 saturated carbocycles. The molecule has 2 atom stereocenters. The molecular weight excluding hydrogens is 422 g/mol. The lowest BCUT2D eigenvalue weighted by atomic mass is 10.2. The van der Waals surface area contributed by atoms with Crippen LogP contribution in [0.5, 0.6) is 0 Å². The molecule has 2 unspecified atom stereocenters. The van der Waals surface area contributed by atoms with Gasteiger partial charge in [-0.15, -0.1) is 0 Å². The van der Waals surface area contributed by atoms with E-state index in [4.69, 9.17) is 9.47 Å². The molecule has 2 aromatic heterocycles. The summed E-state index contributed by atoms with van der Waals surface area (Å²) in [7, 11) is 0. The van der Waals surface area contributed by atoms with Crippen LogP contribution in [0.3, 0.4) is 0 Å². The molecular formula is C19H27N7O4S. The van der Waals surface area contributed by atoms with Gasteiger partial charge in [0, 0.05) is 38.8 Å². The molecule has 2 saturated heterocycles. The highest BCUT2D eigenvalue weighted by molar-refractivity contribution is 7.17. The number of carboxylic acid groups (broad SMARTS) is 1. The Morgan fingerprint density at radius 3 is 2.71 bits per heavy atom. The number of morpholine rings is 2. The van der Waals surface area contributed by atoms with Crippen molar-refractivity contribution in [2.75, 3.05) is 56.6 Å². The summed E-state index contributed by atoms with van der Waals surface area (Å²) in [4.78, 5) is 24.9. The van der Waals surface area contributed by atoms with E-state index in [1.807, 2.05) is 6.07 Å². The van der Waals surface area contributed by atoms with Gasteiger partial charge in [-0.25, -0.2) is 14.8 Å². The van der Waals surface area contributed by atoms with Gasteiger partial charge in [0.25, 0.3) is 0 Å². The highest BCUT2D eigenvalue weighted by atomic mass is 32.1. The minimum atomic E-state index is -0.999. The zero-order chi connectivity index (χ0) is 21.6. The molecule has 31 heavy (non-hydrogen) atoms. The van der Waals surface area contributed by atoms with Crippen molar-refractivity contribution in [1.29, 1.82) is 0 Å². The molecule has 2 aliphatic heterocycles. The minimum absolute atomic E-state index is 0.179. The maximum absolute atomic E-state index is 11.3. The fourth-order valence-corrected chi connectivity index (χ4v) is 4.24. The Morgan fingerprint density at radius 1 is 1.23 bits per heavy atom. The van der Waals surface area contributed by atoms with E-state index in [1.54, 1.807) is 6.92 Å². The molecule has 2 aliphatic rings. The van der Waals surface area contributed by atoms with Gasteiger partial charge in [0.05, 0.1) is 30.7 Å². The number of rotatable bonds is 8. The van der Waals surface area contributed by atoms with Crippen LogP contribution in [-0.2, 0) is 9.47 Å². The molecule has 0 bridgehead atoms. The highest BCUT2D eigenvalue weighted by Gasteiger charge is 2.21. The Morgan fingerprint density at radius 2 is 2.03 bits per heavy atom. The largest absolute Gasteiger partial charge is 0.477 e. The molecule has 168 valence electrons. The maximum atomic E-state index is 11.3. The number of carbonyl (C=O) groups is 1. The second kappa shape index (κ2) is 10.3. The number of thiazole rings is 1. The Bertz CT molecular complexity index is 897. The first-order valence-corrected chi connectivity index (χ1v) is 11.2. The lowest BCUT2D eigenvalue weighted by Gasteiger charge is -2.24. The fraction of sp³-hybridized carbons (Fsp3) is 0.579. The first-order chi connectivity index (χ1) is 15.1. The van der Waals surface area contributed by atoms with Crippen molar-refractivity contribution in [3.05, 3.63) is 22.3 Å². The molecule has 0 spiro atoms. The molecule has 0 amide bonds. The van der Waals surface area contributed by atoms with Crippen molar-refractivity contribution in [2.24, 2.45) is 0 Å². The average molecular weight is 450 g/mol. The van der Waals surface area contributed by atoms with E-state index in [9.17, 15) is 9.90 Å². The monoisotopic (exact) mass is 449 g/mol. The Balaban J connectivity index is 1.49. The van der Waals surface area contributed by atoms with Gasteiger partial charge in [0.1, 0.15) is 16.8 Å². The number of aryl methyl sites for hydroxylation is 1. The molecule has 4 rings (SSSR count). The SMILES string of the molecule is Cc1nc(Nc2nc(NCCC3CNCCO3)cc(C3CNCCO3)n2)sc1C(=O)O. The first kappa shape index (κ1) is 21.8. The van der Waals surface area contributed by atoms with Gasteiger partial charge in [-0.1, -0.05) is 11.3 Å². The molecule has 0 aliphatic carbocycles. The van der Waals surface area contributed by atoms with Crippen molar-refractivity contribution in [3.8, 4) is 0 Å². The summed E-state index contributed by atoms with van der Waals surface area (Å²) in [5.74, 6) is 0.00815. The number of anilines is 3. The Labute approximate surface area is 184 Å². The Kier molecular flexibility index (Phi) is 7.25. The zero-order valence-electron chi connectivity index (χ0n) is 17.3. The van der Waals surface area contributed by atoms with E-state index < -0.39 is 5.97 Å². The summed E-state index contributed by atoms with van der Waals surface area (Å²) >= 11 is 1.06. The summed E-state index contributed by atoms with van der Waals surface area (Å²) in [5.41, 5.74) is 1.20. The summed E-state index contributed by atoms with van der Waals surface area (Å²) in [6.45, 7) is 6.92. The zero-order valence-corrected chi connectivity index (χ0v) is 18.1. The topological polar surface area (TPSA) is 143 Å². The van der Waals surface area contributed by atoms with Gasteiger partial charge < -0.3 is 30.5 Å². The average Bonchev–Trinajstić information content (AvgIpc) is 3.15. The standard InChI is InChI=1S/C19H27N7O4S/c1-11-16(17(27)28)31-19(23-11)26-18-24-13(14-10-21-5-7-30-14)8-15(25-18)22-3-2-12-9-20-4-6-29-12/h8,12,14,20-21H,2-7,9-10H2,1H3,(H,27,28)(H2,22,23,24,25,26). The summed E-state index contributed by atoms with van der Waals surface area (Å²) in [5, 5.41) is 22.7. The van der Waals surface area contributed by atoms with Gasteiger partial charge >= 0.3 is 5.97 Å². The summed E-state index contributed by atoms with van der Waals surface area (Å²) < 4.78 is 11.6. The van der Waals surface area contributed by atoms with E-state index in [2.05, 4.69) is 36.2 Å². The van der Waals surface area contributed by atoms with Gasteiger partial charge in [0.15, 0.2) is 5.13 Å². The molecule has 12 heteroatoms. The van der Waals surface area contributed by atoms with E-state index in [0.717, 1.165) is 49.7 Å². The number of hydrogen-bond donors (Lipinski definition) is 5. The van der Waals surface area contributed by atoms with Crippen molar-refractivity contribution in [3.63, 3.8) is 0 Å². The molecule has 4 heterocycles. The summed E-state index contributed by atoms with van der Waals surface area (Å²) in [6.07, 6.45) is 0.847. The number of nitrogens with zero attached hydrogens (tertiary/aromatic N) is 3. The van der Waals surface area contributed by atoms with Crippen molar-refractivity contribution >= 4 is 34.2 Å². The van der Waals surface area contributed by atoms with Gasteiger partial charge in [-0.05, 0) is 13.3 Å². The first-order valence-electron chi connectivity index (χ1n) is 10.3. The van der Waals surface area contributed by atoms with Crippen LogP contribution in [0.15, 0.2) is 6.07 Å². The van der Waals surface area contributed by atoms with Crippen LogP contribution >= 0.6 is 11.3 Å². The second-order valence-electron chi connectivity index (χ2n) is 7.34. The third-order valence-corrected chi connectivity index (χ3v) is 6.05. The molecule has 2 aromatic rings. The van der Waals surface area contributed by atoms with Crippen LogP contribution in [0.2, 0.25) is 0 Å². The quantitative estimate of drug-likeness (QED) is 0.396. The normalized spacial score (nSPS) is 21.6. The lowest BCUT2D eigenvalue weighted by Crippen LogP contribution is -2.39. The molecule has 0 aromatic carbocycles. The molecule has 2 fully saturated rings. The third kappa shape index (κ3) is 5.86. The molecule has 11 nitrogen and oxygen atoms in total. The van der Waals surface area contributed by atoms with Crippen LogP contribution in [0.25, 0.3) is 0 Å². The van der Waals surface area contributed by atoms with Crippen molar-refractivity contribution in [2.45, 2.75) is 25.6 Å². The van der Waals surface area contributed by atoms with Crippen LogP contribution in [0.4, 0.5) is 16.9 Å². The van der Waals surface area contributed by atoms with E-state index >= 15 is 0 Å². The predicted molar refractivity (Wildman–Crippen MR) is 116 cm³/mol. The fourth-order valence-electron chi connectivity index (χ4n) is 3.44. The summed E-state index contributed by atoms with van der Waals surface area (Å²) in [6, 6.07) is 1.89. The van der Waals surface area contributed by atoms with Crippen molar-refractivity contribution < 1.29 is 19.4 Å². The van der Waals surface area contributed by atoms with E-state index in [-0.39, 0.29) is 17.1 Å². The maximum Gasteiger partial charge on any atom is 0.347 e. The van der Waals surface area contributed by atoms with Crippen LogP contribution in [0, 0.1) is 6.92 Å². The minimum Gasteiger partial charge on any atom is -0.477 e. The van der Waals surface area contributed by atoms with E-state index in [0.29, 0.717) is 42.3 Å². The van der Waals surface area contributed by atoms with Gasteiger partial charge in [-0.3, -0.25) is 5.32 Å². The third-order valence-electron chi connectivity index (χ3n) is 4.99. The van der Waals surface area contributed by atoms with E-state index in [1.165, 1.54) is 0 Å². The number of ether oxygens (including phenoxy) is 2. The van der Waals surface area contributed by atoms with Crippen LogP contribution in [-0.4, -0.2) is 78.1 Å².